The molecule has 0 unspecified atom stereocenters. The Morgan fingerprint density at radius 3 is 2.50 bits per heavy atom. The van der Waals surface area contributed by atoms with Gasteiger partial charge in [0.05, 0.1) is 4.92 Å². The number of hydrogen-bond acceptors (Lipinski definition) is 4. The number of benzene rings is 1. The molecule has 0 aromatic heterocycles. The van der Waals surface area contributed by atoms with Gasteiger partial charge in [-0.15, -0.1) is 0 Å². The average Bonchev–Trinajstić information content (AvgIpc) is 2.16. The average molecular weight is 236 g/mol. The molecule has 4 nitrogen and oxygen atoms in total. The van der Waals surface area contributed by atoms with Gasteiger partial charge in [-0.3, -0.25) is 10.1 Å². The van der Waals surface area contributed by atoms with Crippen LogP contribution in [0.25, 0.3) is 0 Å². The fourth-order valence-corrected chi connectivity index (χ4v) is 2.07. The van der Waals surface area contributed by atoms with E-state index < -0.39 is 4.92 Å². The lowest BCUT2D eigenvalue weighted by Gasteiger charge is -2.21. The van der Waals surface area contributed by atoms with Gasteiger partial charge in [-0.25, -0.2) is 0 Å². The maximum atomic E-state index is 10.7. The Kier molecular flexibility index (Phi) is 3.55. The lowest BCUT2D eigenvalue weighted by Crippen LogP contribution is -2.12. The van der Waals surface area contributed by atoms with Crippen LogP contribution in [-0.2, 0) is 5.41 Å². The quantitative estimate of drug-likeness (QED) is 0.341. The number of rotatable bonds is 2. The molecule has 1 aromatic rings. The van der Waals surface area contributed by atoms with Crippen molar-refractivity contribution in [1.82, 2.24) is 0 Å². The van der Waals surface area contributed by atoms with Gasteiger partial charge >= 0.3 is 0 Å². The maximum Gasteiger partial charge on any atom is 0.269 e. The van der Waals surface area contributed by atoms with Crippen molar-refractivity contribution in [2.24, 2.45) is 0 Å². The number of nitro groups is 1. The van der Waals surface area contributed by atoms with Crippen LogP contribution in [0.1, 0.15) is 26.3 Å². The van der Waals surface area contributed by atoms with E-state index in [1.165, 1.54) is 6.07 Å². The summed E-state index contributed by atoms with van der Waals surface area (Å²) in [5.74, 6) is 0. The highest BCUT2D eigenvalue weighted by atomic mass is 32.2. The second kappa shape index (κ2) is 4.54. The standard InChI is InChI=1S/C11H12N2O2S/c1-11(2,3)9-6-8(13(14)15)4-5-10(9)16-7-12/h4-6H,1-3H3. The van der Waals surface area contributed by atoms with E-state index in [1.807, 2.05) is 26.2 Å². The Hall–Kier alpha value is -1.54. The summed E-state index contributed by atoms with van der Waals surface area (Å²) >= 11 is 1.03. The first kappa shape index (κ1) is 12.5. The third-order valence-corrected chi connectivity index (χ3v) is 2.80. The molecular weight excluding hydrogens is 224 g/mol. The Morgan fingerprint density at radius 2 is 2.06 bits per heavy atom. The third-order valence-electron chi connectivity index (χ3n) is 2.14. The van der Waals surface area contributed by atoms with Crippen LogP contribution in [0.5, 0.6) is 0 Å². The predicted octanol–water partition coefficient (Wildman–Crippen LogP) is 3.47. The van der Waals surface area contributed by atoms with E-state index >= 15 is 0 Å². The van der Waals surface area contributed by atoms with E-state index in [2.05, 4.69) is 0 Å². The smallest absolute Gasteiger partial charge is 0.258 e. The second-order valence-corrected chi connectivity index (χ2v) is 5.21. The number of nitriles is 1. The molecule has 0 N–H and O–H groups in total. The predicted molar refractivity (Wildman–Crippen MR) is 63.3 cm³/mol. The van der Waals surface area contributed by atoms with Gasteiger partial charge in [0, 0.05) is 17.0 Å². The van der Waals surface area contributed by atoms with Gasteiger partial charge in [-0.1, -0.05) is 20.8 Å². The van der Waals surface area contributed by atoms with Crippen molar-refractivity contribution in [3.63, 3.8) is 0 Å². The van der Waals surface area contributed by atoms with Crippen molar-refractivity contribution in [1.29, 1.82) is 5.26 Å². The first-order valence-corrected chi connectivity index (χ1v) is 5.53. The van der Waals surface area contributed by atoms with Crippen molar-refractivity contribution in [3.8, 4) is 5.40 Å². The molecule has 1 rings (SSSR count). The molecule has 0 fully saturated rings. The van der Waals surface area contributed by atoms with Gasteiger partial charge in [-0.2, -0.15) is 5.26 Å². The van der Waals surface area contributed by atoms with Crippen molar-refractivity contribution in [3.05, 3.63) is 33.9 Å². The molecule has 0 heterocycles. The van der Waals surface area contributed by atoms with Gasteiger partial charge in [0.25, 0.3) is 5.69 Å². The molecule has 16 heavy (non-hydrogen) atoms. The number of nitro benzene ring substituents is 1. The van der Waals surface area contributed by atoms with E-state index in [4.69, 9.17) is 5.26 Å². The van der Waals surface area contributed by atoms with Crippen molar-refractivity contribution >= 4 is 17.4 Å². The minimum atomic E-state index is -0.421. The normalized spacial score (nSPS) is 10.9. The molecular formula is C11H12N2O2S. The van der Waals surface area contributed by atoms with E-state index in [1.54, 1.807) is 12.1 Å². The van der Waals surface area contributed by atoms with Gasteiger partial charge in [0.2, 0.25) is 0 Å². The van der Waals surface area contributed by atoms with Gasteiger partial charge < -0.3 is 0 Å². The van der Waals surface area contributed by atoms with Crippen LogP contribution in [0.2, 0.25) is 0 Å². The highest BCUT2D eigenvalue weighted by Crippen LogP contribution is 2.34. The topological polar surface area (TPSA) is 66.9 Å². The van der Waals surface area contributed by atoms with Crippen molar-refractivity contribution in [2.75, 3.05) is 0 Å². The van der Waals surface area contributed by atoms with Crippen molar-refractivity contribution < 1.29 is 4.92 Å². The van der Waals surface area contributed by atoms with E-state index in [0.29, 0.717) is 0 Å². The Morgan fingerprint density at radius 1 is 1.44 bits per heavy atom. The van der Waals surface area contributed by atoms with Crippen molar-refractivity contribution in [2.45, 2.75) is 31.1 Å². The minimum Gasteiger partial charge on any atom is -0.258 e. The number of nitrogens with zero attached hydrogens (tertiary/aromatic N) is 2. The SMILES string of the molecule is CC(C)(C)c1cc([N+](=O)[O-])ccc1SC#N. The zero-order chi connectivity index (χ0) is 12.3. The first-order chi connectivity index (χ1) is 7.36. The summed E-state index contributed by atoms with van der Waals surface area (Å²) in [6.45, 7) is 5.90. The first-order valence-electron chi connectivity index (χ1n) is 4.71. The summed E-state index contributed by atoms with van der Waals surface area (Å²) < 4.78 is 0. The number of hydrogen-bond donors (Lipinski definition) is 0. The maximum absolute atomic E-state index is 10.7. The summed E-state index contributed by atoms with van der Waals surface area (Å²) in [6, 6.07) is 4.60. The molecule has 84 valence electrons. The number of non-ortho nitro benzene ring substituents is 1. The summed E-state index contributed by atoms with van der Waals surface area (Å²) in [5.41, 5.74) is 0.672. The molecule has 0 aliphatic carbocycles. The Bertz CT molecular complexity index is 458. The minimum absolute atomic E-state index is 0.0622. The summed E-state index contributed by atoms with van der Waals surface area (Å²) in [6.07, 6.45) is 0. The van der Waals surface area contributed by atoms with Gasteiger partial charge in [0.15, 0.2) is 0 Å². The molecule has 0 saturated carbocycles. The van der Waals surface area contributed by atoms with Crippen LogP contribution in [0.15, 0.2) is 23.1 Å². The molecule has 0 spiro atoms. The Balaban J connectivity index is 3.34. The van der Waals surface area contributed by atoms with Gasteiger partial charge in [0.1, 0.15) is 5.40 Å². The zero-order valence-corrected chi connectivity index (χ0v) is 10.2. The fraction of sp³-hybridized carbons (Fsp3) is 0.364. The number of thiocyanates is 1. The van der Waals surface area contributed by atoms with Gasteiger partial charge in [-0.05, 0) is 28.8 Å². The highest BCUT2D eigenvalue weighted by molar-refractivity contribution is 8.03. The van der Waals surface area contributed by atoms with Crippen LogP contribution in [0.3, 0.4) is 0 Å². The fourth-order valence-electron chi connectivity index (χ4n) is 1.36. The molecule has 0 aliphatic rings. The molecule has 1 aromatic carbocycles. The van der Waals surface area contributed by atoms with Crippen LogP contribution in [0, 0.1) is 20.8 Å². The molecule has 0 saturated heterocycles. The lowest BCUT2D eigenvalue weighted by molar-refractivity contribution is -0.385. The highest BCUT2D eigenvalue weighted by Gasteiger charge is 2.21. The van der Waals surface area contributed by atoms with Crippen LogP contribution in [-0.4, -0.2) is 4.92 Å². The molecule has 0 bridgehead atoms. The third kappa shape index (κ3) is 2.74. The van der Waals surface area contributed by atoms with Crippen LogP contribution < -0.4 is 0 Å². The van der Waals surface area contributed by atoms with Crippen LogP contribution >= 0.6 is 11.8 Å². The lowest BCUT2D eigenvalue weighted by atomic mass is 9.87. The molecule has 5 heteroatoms. The van der Waals surface area contributed by atoms with E-state index in [0.717, 1.165) is 22.2 Å². The van der Waals surface area contributed by atoms with E-state index in [9.17, 15) is 10.1 Å². The monoisotopic (exact) mass is 236 g/mol. The zero-order valence-electron chi connectivity index (χ0n) is 9.35. The number of thioether (sulfide) groups is 1. The van der Waals surface area contributed by atoms with E-state index in [-0.39, 0.29) is 11.1 Å². The summed E-state index contributed by atoms with van der Waals surface area (Å²) in [5, 5.41) is 21.3. The molecule has 0 amide bonds. The van der Waals surface area contributed by atoms with Crippen LogP contribution in [0.4, 0.5) is 5.69 Å². The Labute approximate surface area is 98.4 Å². The summed E-state index contributed by atoms with van der Waals surface area (Å²) in [7, 11) is 0. The molecule has 0 radical (unpaired) electrons. The second-order valence-electron chi connectivity index (χ2n) is 4.38. The largest absolute Gasteiger partial charge is 0.269 e. The molecule has 0 atom stereocenters. The summed E-state index contributed by atoms with van der Waals surface area (Å²) in [4.78, 5) is 11.0. The molecule has 0 aliphatic heterocycles.